The molecule has 1 saturated heterocycles. The third-order valence-corrected chi connectivity index (χ3v) is 5.24. The molecule has 9 heteroatoms. The fraction of sp³-hybridized carbons (Fsp3) is 0.500. The fourth-order valence-electron chi connectivity index (χ4n) is 2.52. The van der Waals surface area contributed by atoms with E-state index in [0.717, 1.165) is 0 Å². The highest BCUT2D eigenvalue weighted by molar-refractivity contribution is 7.88. The Hall–Kier alpha value is -2.00. The maximum atomic E-state index is 12.0. The highest BCUT2D eigenvalue weighted by Crippen LogP contribution is 2.18. The van der Waals surface area contributed by atoms with Gasteiger partial charge in [-0.3, -0.25) is 14.9 Å². The second-order valence-electron chi connectivity index (χ2n) is 5.62. The van der Waals surface area contributed by atoms with Gasteiger partial charge in [-0.2, -0.15) is 0 Å². The molecule has 1 aliphatic heterocycles. The molecule has 1 aromatic rings. The van der Waals surface area contributed by atoms with Gasteiger partial charge in [0.2, 0.25) is 10.0 Å². The van der Waals surface area contributed by atoms with Crippen molar-refractivity contribution in [1.82, 2.24) is 9.62 Å². The van der Waals surface area contributed by atoms with Crippen LogP contribution in [0.15, 0.2) is 24.3 Å². The molecule has 0 radical (unpaired) electrons. The van der Waals surface area contributed by atoms with Gasteiger partial charge in [0.15, 0.2) is 0 Å². The maximum absolute atomic E-state index is 12.0. The van der Waals surface area contributed by atoms with Crippen molar-refractivity contribution in [2.45, 2.75) is 12.8 Å². The summed E-state index contributed by atoms with van der Waals surface area (Å²) in [5.41, 5.74) is 0.305. The third-order valence-electron chi connectivity index (χ3n) is 3.93. The SMILES string of the molecule is CS(=O)(=O)N1CCC(CNC(=O)c2ccc([N+](=O)[O-])cc2)CC1. The number of carbonyl (C=O) groups excluding carboxylic acids is 1. The van der Waals surface area contributed by atoms with E-state index in [-0.39, 0.29) is 17.5 Å². The summed E-state index contributed by atoms with van der Waals surface area (Å²) in [5.74, 6) is -0.0551. The summed E-state index contributed by atoms with van der Waals surface area (Å²) >= 11 is 0. The number of nitrogens with one attached hydrogen (secondary N) is 1. The zero-order valence-corrected chi connectivity index (χ0v) is 13.6. The van der Waals surface area contributed by atoms with Crippen LogP contribution < -0.4 is 5.32 Å². The molecule has 0 bridgehead atoms. The molecule has 1 aromatic carbocycles. The summed E-state index contributed by atoms with van der Waals surface area (Å²) < 4.78 is 24.3. The number of hydrogen-bond donors (Lipinski definition) is 1. The first kappa shape index (κ1) is 17.4. The molecule has 0 atom stereocenters. The molecule has 0 saturated carbocycles. The van der Waals surface area contributed by atoms with E-state index in [1.165, 1.54) is 34.8 Å². The van der Waals surface area contributed by atoms with Gasteiger partial charge in [-0.15, -0.1) is 0 Å². The molecular weight excluding hydrogens is 322 g/mol. The van der Waals surface area contributed by atoms with Crippen LogP contribution in [0.5, 0.6) is 0 Å². The molecule has 23 heavy (non-hydrogen) atoms. The molecule has 0 unspecified atom stereocenters. The van der Waals surface area contributed by atoms with Crippen molar-refractivity contribution >= 4 is 21.6 Å². The van der Waals surface area contributed by atoms with Gasteiger partial charge in [-0.1, -0.05) is 0 Å². The summed E-state index contributed by atoms with van der Waals surface area (Å²) in [6, 6.07) is 5.42. The molecule has 126 valence electrons. The van der Waals surface area contributed by atoms with E-state index in [9.17, 15) is 23.3 Å². The van der Waals surface area contributed by atoms with Crippen molar-refractivity contribution in [3.8, 4) is 0 Å². The maximum Gasteiger partial charge on any atom is 0.269 e. The molecule has 2 rings (SSSR count). The summed E-state index contributed by atoms with van der Waals surface area (Å²) in [7, 11) is -3.14. The number of non-ortho nitro benzene ring substituents is 1. The molecular formula is C14H19N3O5S. The van der Waals surface area contributed by atoms with Crippen LogP contribution in [0, 0.1) is 16.0 Å². The zero-order chi connectivity index (χ0) is 17.0. The minimum absolute atomic E-state index is 0.0605. The Labute approximate surface area is 134 Å². The van der Waals surface area contributed by atoms with E-state index in [4.69, 9.17) is 0 Å². The quantitative estimate of drug-likeness (QED) is 0.634. The van der Waals surface area contributed by atoms with Crippen molar-refractivity contribution in [1.29, 1.82) is 0 Å². The Morgan fingerprint density at radius 3 is 2.35 bits per heavy atom. The molecule has 1 fully saturated rings. The van der Waals surface area contributed by atoms with E-state index >= 15 is 0 Å². The number of benzene rings is 1. The van der Waals surface area contributed by atoms with Gasteiger partial charge in [-0.25, -0.2) is 12.7 Å². The number of amides is 1. The van der Waals surface area contributed by atoms with Gasteiger partial charge in [-0.05, 0) is 30.9 Å². The molecule has 0 aliphatic carbocycles. The van der Waals surface area contributed by atoms with Crippen LogP contribution in [-0.4, -0.2) is 49.4 Å². The molecule has 8 nitrogen and oxygen atoms in total. The smallest absolute Gasteiger partial charge is 0.269 e. The number of sulfonamides is 1. The lowest BCUT2D eigenvalue weighted by atomic mass is 9.98. The van der Waals surface area contributed by atoms with E-state index in [2.05, 4.69) is 5.32 Å². The highest BCUT2D eigenvalue weighted by atomic mass is 32.2. The number of piperidine rings is 1. The van der Waals surface area contributed by atoms with E-state index < -0.39 is 14.9 Å². The van der Waals surface area contributed by atoms with E-state index in [0.29, 0.717) is 38.0 Å². The fourth-order valence-corrected chi connectivity index (χ4v) is 3.39. The van der Waals surface area contributed by atoms with E-state index in [1.807, 2.05) is 0 Å². The lowest BCUT2D eigenvalue weighted by molar-refractivity contribution is -0.384. The predicted molar refractivity (Wildman–Crippen MR) is 84.6 cm³/mol. The Kier molecular flexibility index (Phi) is 5.32. The van der Waals surface area contributed by atoms with Gasteiger partial charge in [0.25, 0.3) is 11.6 Å². The van der Waals surface area contributed by atoms with Crippen LogP contribution in [-0.2, 0) is 10.0 Å². The Bertz CT molecular complexity index is 679. The average molecular weight is 341 g/mol. The topological polar surface area (TPSA) is 110 Å². The standard InChI is InChI=1S/C14H19N3O5S/c1-23(21,22)16-8-6-11(7-9-16)10-15-14(18)12-2-4-13(5-3-12)17(19)20/h2-5,11H,6-10H2,1H3,(H,15,18). The molecule has 1 amide bonds. The molecule has 1 heterocycles. The lowest BCUT2D eigenvalue weighted by Gasteiger charge is -2.30. The predicted octanol–water partition coefficient (Wildman–Crippen LogP) is 0.996. The number of nitrogens with zero attached hydrogens (tertiary/aromatic N) is 2. The number of nitro benzene ring substituents is 1. The number of rotatable bonds is 5. The van der Waals surface area contributed by atoms with Crippen LogP contribution in [0.25, 0.3) is 0 Å². The van der Waals surface area contributed by atoms with Crippen LogP contribution in [0.4, 0.5) is 5.69 Å². The van der Waals surface area contributed by atoms with Gasteiger partial charge < -0.3 is 5.32 Å². The van der Waals surface area contributed by atoms with Gasteiger partial charge in [0, 0.05) is 37.3 Å². The van der Waals surface area contributed by atoms with Gasteiger partial charge in [0.05, 0.1) is 11.2 Å². The molecule has 1 N–H and O–H groups in total. The van der Waals surface area contributed by atoms with Crippen LogP contribution in [0.3, 0.4) is 0 Å². The van der Waals surface area contributed by atoms with Crippen molar-refractivity contribution in [2.24, 2.45) is 5.92 Å². The number of hydrogen-bond acceptors (Lipinski definition) is 5. The second-order valence-corrected chi connectivity index (χ2v) is 7.60. The first-order valence-corrected chi connectivity index (χ1v) is 9.10. The average Bonchev–Trinajstić information content (AvgIpc) is 2.52. The van der Waals surface area contributed by atoms with Crippen LogP contribution in [0.1, 0.15) is 23.2 Å². The molecule has 1 aliphatic rings. The third kappa shape index (κ3) is 4.73. The summed E-state index contributed by atoms with van der Waals surface area (Å²) in [6.07, 6.45) is 2.60. The zero-order valence-electron chi connectivity index (χ0n) is 12.8. The largest absolute Gasteiger partial charge is 0.352 e. The van der Waals surface area contributed by atoms with Crippen LogP contribution in [0.2, 0.25) is 0 Å². The summed E-state index contributed by atoms with van der Waals surface area (Å²) in [4.78, 5) is 22.1. The summed E-state index contributed by atoms with van der Waals surface area (Å²) in [5, 5.41) is 13.4. The van der Waals surface area contributed by atoms with Crippen molar-refractivity contribution in [3.05, 3.63) is 39.9 Å². The van der Waals surface area contributed by atoms with E-state index in [1.54, 1.807) is 0 Å². The highest BCUT2D eigenvalue weighted by Gasteiger charge is 2.25. The minimum atomic E-state index is -3.14. The number of carbonyl (C=O) groups is 1. The van der Waals surface area contributed by atoms with Gasteiger partial charge >= 0.3 is 0 Å². The minimum Gasteiger partial charge on any atom is -0.352 e. The second kappa shape index (κ2) is 7.05. The number of nitro groups is 1. The monoisotopic (exact) mass is 341 g/mol. The molecule has 0 spiro atoms. The Morgan fingerprint density at radius 1 is 1.30 bits per heavy atom. The summed E-state index contributed by atoms with van der Waals surface area (Å²) in [6.45, 7) is 1.40. The first-order chi connectivity index (χ1) is 10.8. The lowest BCUT2D eigenvalue weighted by Crippen LogP contribution is -2.41. The van der Waals surface area contributed by atoms with Crippen molar-refractivity contribution in [3.63, 3.8) is 0 Å². The normalized spacial score (nSPS) is 16.9. The Morgan fingerprint density at radius 2 is 1.87 bits per heavy atom. The van der Waals surface area contributed by atoms with Gasteiger partial charge in [0.1, 0.15) is 0 Å². The first-order valence-electron chi connectivity index (χ1n) is 7.25. The Balaban J connectivity index is 1.82. The van der Waals surface area contributed by atoms with Crippen molar-refractivity contribution < 1.29 is 18.1 Å². The molecule has 0 aromatic heterocycles. The van der Waals surface area contributed by atoms with Crippen molar-refractivity contribution in [2.75, 3.05) is 25.9 Å². The van der Waals surface area contributed by atoms with Crippen LogP contribution >= 0.6 is 0 Å².